The number of ketones is 1. The van der Waals surface area contributed by atoms with Gasteiger partial charge in [0.1, 0.15) is 17.5 Å². The van der Waals surface area contributed by atoms with Crippen molar-refractivity contribution in [1.82, 2.24) is 0 Å². The minimum Gasteiger partial charge on any atom is -0.497 e. The highest BCUT2D eigenvalue weighted by molar-refractivity contribution is 6.13. The molecule has 2 aromatic carbocycles. The average Bonchev–Trinajstić information content (AvgIpc) is 2.75. The third-order valence-corrected chi connectivity index (χ3v) is 4.46. The second-order valence-electron chi connectivity index (χ2n) is 6.45. The molecule has 0 radical (unpaired) electrons. The van der Waals surface area contributed by atoms with Crippen LogP contribution in [0.3, 0.4) is 0 Å². The van der Waals surface area contributed by atoms with E-state index in [1.807, 2.05) is 30.3 Å². The summed E-state index contributed by atoms with van der Waals surface area (Å²) in [6.45, 7) is 2.64. The second-order valence-corrected chi connectivity index (χ2v) is 6.45. The number of nitrogens with two attached hydrogens (primary N) is 1. The third-order valence-electron chi connectivity index (χ3n) is 4.46. The quantitative estimate of drug-likeness (QED) is 0.555. The molecule has 1 aliphatic heterocycles. The van der Waals surface area contributed by atoms with Gasteiger partial charge in [0.25, 0.3) is 0 Å². The molecule has 1 heterocycles. The van der Waals surface area contributed by atoms with E-state index in [1.165, 1.54) is 0 Å². The highest BCUT2D eigenvalue weighted by Crippen LogP contribution is 2.27. The van der Waals surface area contributed by atoms with Crippen molar-refractivity contribution in [3.63, 3.8) is 0 Å². The zero-order valence-electron chi connectivity index (χ0n) is 16.2. The van der Waals surface area contributed by atoms with Gasteiger partial charge in [0, 0.05) is 5.56 Å². The molecular weight excluding hydrogens is 354 g/mol. The number of para-hydroxylation sites is 1. The molecule has 6 nitrogen and oxygen atoms in total. The second kappa shape index (κ2) is 9.08. The van der Waals surface area contributed by atoms with E-state index in [-0.39, 0.29) is 11.6 Å². The predicted octanol–water partition coefficient (Wildman–Crippen LogP) is 3.94. The number of rotatable bonds is 8. The zero-order valence-corrected chi connectivity index (χ0v) is 16.2. The van der Waals surface area contributed by atoms with Crippen molar-refractivity contribution in [2.75, 3.05) is 18.7 Å². The Morgan fingerprint density at radius 3 is 2.50 bits per heavy atom. The third kappa shape index (κ3) is 4.34. The number of anilines is 1. The molecule has 6 heteroatoms. The van der Waals surface area contributed by atoms with Crippen LogP contribution in [0.4, 0.5) is 5.69 Å². The van der Waals surface area contributed by atoms with Crippen molar-refractivity contribution in [1.29, 1.82) is 0 Å². The van der Waals surface area contributed by atoms with Crippen LogP contribution < -0.4 is 15.5 Å². The Kier molecular flexibility index (Phi) is 6.32. The van der Waals surface area contributed by atoms with Crippen LogP contribution in [0.5, 0.6) is 5.75 Å². The molecule has 0 saturated carbocycles. The van der Waals surface area contributed by atoms with Gasteiger partial charge in [-0.15, -0.1) is 0 Å². The highest BCUT2D eigenvalue weighted by Gasteiger charge is 2.30. The molecule has 2 N–H and O–H groups in total. The van der Waals surface area contributed by atoms with Gasteiger partial charge < -0.3 is 15.2 Å². The number of unbranched alkanes of at least 4 members (excludes halogenated alkanes) is 1. The number of carbonyl (C=O) groups is 1. The zero-order chi connectivity index (χ0) is 19.9. The number of hydrazone groups is 1. The number of Topliss-reactive ketones (excluding diaryl/α,β-unsaturated/α-hetero) is 1. The van der Waals surface area contributed by atoms with Gasteiger partial charge in [-0.2, -0.15) is 10.1 Å². The van der Waals surface area contributed by atoms with Crippen LogP contribution in [0.25, 0.3) is 0 Å². The maximum atomic E-state index is 13.0. The Hall–Kier alpha value is -3.28. The summed E-state index contributed by atoms with van der Waals surface area (Å²) in [6, 6.07) is 16.5. The van der Waals surface area contributed by atoms with Gasteiger partial charge in [-0.25, -0.2) is 0 Å². The first-order chi connectivity index (χ1) is 13.6. The largest absolute Gasteiger partial charge is 0.497 e. The monoisotopic (exact) mass is 379 g/mol. The van der Waals surface area contributed by atoms with Crippen LogP contribution >= 0.6 is 0 Å². The maximum absolute atomic E-state index is 13.0. The summed E-state index contributed by atoms with van der Waals surface area (Å²) in [4.78, 5) is 13.0. The van der Waals surface area contributed by atoms with Crippen molar-refractivity contribution in [2.45, 2.75) is 19.8 Å². The van der Waals surface area contributed by atoms with Gasteiger partial charge in [-0.1, -0.05) is 31.5 Å². The van der Waals surface area contributed by atoms with Crippen molar-refractivity contribution in [3.8, 4) is 5.75 Å². The Morgan fingerprint density at radius 2 is 1.86 bits per heavy atom. The lowest BCUT2D eigenvalue weighted by atomic mass is 9.95. The molecule has 28 heavy (non-hydrogen) atoms. The lowest BCUT2D eigenvalue weighted by Crippen LogP contribution is -2.37. The van der Waals surface area contributed by atoms with Crippen molar-refractivity contribution in [3.05, 3.63) is 72.1 Å². The molecule has 1 unspecified atom stereocenters. The van der Waals surface area contributed by atoms with E-state index in [4.69, 9.17) is 15.2 Å². The van der Waals surface area contributed by atoms with Crippen LogP contribution in [0.1, 0.15) is 30.1 Å². The summed E-state index contributed by atoms with van der Waals surface area (Å²) in [7, 11) is 1.59. The summed E-state index contributed by atoms with van der Waals surface area (Å²) in [5.74, 6) is 0.627. The van der Waals surface area contributed by atoms with Gasteiger partial charge >= 0.3 is 0 Å². The number of amidine groups is 1. The molecule has 0 aliphatic carbocycles. The van der Waals surface area contributed by atoms with E-state index in [1.54, 1.807) is 42.5 Å². The molecule has 1 aliphatic rings. The summed E-state index contributed by atoms with van der Waals surface area (Å²) in [6.07, 6.45) is 3.67. The van der Waals surface area contributed by atoms with Crippen LogP contribution in [-0.2, 0) is 4.74 Å². The molecule has 0 fully saturated rings. The molecule has 0 spiro atoms. The summed E-state index contributed by atoms with van der Waals surface area (Å²) < 4.78 is 11.1. The number of nitrogens with zero attached hydrogens (tertiary/aromatic N) is 2. The minimum absolute atomic E-state index is 0.131. The number of benzene rings is 2. The molecule has 0 aromatic heterocycles. The Balaban J connectivity index is 1.89. The number of carbonyl (C=O) groups excluding carboxylic acids is 1. The number of methoxy groups -OCH3 is 1. The molecule has 0 bridgehead atoms. The lowest BCUT2D eigenvalue weighted by molar-refractivity contribution is 0.0966. The van der Waals surface area contributed by atoms with Crippen molar-refractivity contribution < 1.29 is 14.3 Å². The molecule has 2 aromatic rings. The first-order valence-corrected chi connectivity index (χ1v) is 9.36. The van der Waals surface area contributed by atoms with Crippen molar-refractivity contribution >= 4 is 17.3 Å². The van der Waals surface area contributed by atoms with E-state index >= 15 is 0 Å². The van der Waals surface area contributed by atoms with E-state index in [0.717, 1.165) is 18.5 Å². The van der Waals surface area contributed by atoms with Gasteiger partial charge in [0.05, 0.1) is 19.4 Å². The van der Waals surface area contributed by atoms with Gasteiger partial charge in [0.2, 0.25) is 5.88 Å². The van der Waals surface area contributed by atoms with E-state index in [2.05, 4.69) is 12.0 Å². The molecular formula is C22H25N3O3. The van der Waals surface area contributed by atoms with Crippen LogP contribution in [0, 0.1) is 5.92 Å². The number of ether oxygens (including phenoxy) is 2. The fourth-order valence-corrected chi connectivity index (χ4v) is 2.85. The smallest absolute Gasteiger partial charge is 0.212 e. The maximum Gasteiger partial charge on any atom is 0.212 e. The predicted molar refractivity (Wildman–Crippen MR) is 110 cm³/mol. The SMILES string of the molecule is CCCCOC1=CC(C(=O)c2ccc(OC)cc2)C(N)=NN1c1ccccc1. The molecule has 0 amide bonds. The van der Waals surface area contributed by atoms with E-state index in [9.17, 15) is 4.79 Å². The number of hydrogen-bond acceptors (Lipinski definition) is 6. The standard InChI is InChI=1S/C22H25N3O3/c1-3-4-14-28-20-15-19(21(26)16-10-12-18(27-2)13-11-16)22(23)24-25(20)17-8-6-5-7-9-17/h5-13,15,19H,3-4,14H2,1-2H3,(H2,23,24). The first-order valence-electron chi connectivity index (χ1n) is 9.36. The molecule has 1 atom stereocenters. The Labute approximate surface area is 165 Å². The van der Waals surface area contributed by atoms with Gasteiger partial charge in [-0.05, 0) is 48.9 Å². The lowest BCUT2D eigenvalue weighted by Gasteiger charge is -2.28. The molecule has 0 saturated heterocycles. The van der Waals surface area contributed by atoms with Gasteiger partial charge in [0.15, 0.2) is 5.78 Å². The Morgan fingerprint density at radius 1 is 1.14 bits per heavy atom. The highest BCUT2D eigenvalue weighted by atomic mass is 16.5. The fourth-order valence-electron chi connectivity index (χ4n) is 2.85. The first kappa shape index (κ1) is 19.5. The Bertz CT molecular complexity index is 860. The topological polar surface area (TPSA) is 77.1 Å². The molecule has 3 rings (SSSR count). The van der Waals surface area contributed by atoms with E-state index < -0.39 is 5.92 Å². The van der Waals surface area contributed by atoms with Gasteiger partial charge in [-0.3, -0.25) is 4.79 Å². The van der Waals surface area contributed by atoms with E-state index in [0.29, 0.717) is 23.8 Å². The minimum atomic E-state index is -0.676. The number of hydrogen-bond donors (Lipinski definition) is 1. The average molecular weight is 379 g/mol. The summed E-state index contributed by atoms with van der Waals surface area (Å²) in [5.41, 5.74) is 7.55. The summed E-state index contributed by atoms with van der Waals surface area (Å²) in [5, 5.41) is 6.10. The van der Waals surface area contributed by atoms with Crippen LogP contribution in [0.15, 0.2) is 71.7 Å². The molecule has 146 valence electrons. The van der Waals surface area contributed by atoms with Crippen LogP contribution in [0.2, 0.25) is 0 Å². The fraction of sp³-hybridized carbons (Fsp3) is 0.273. The van der Waals surface area contributed by atoms with Crippen molar-refractivity contribution in [2.24, 2.45) is 16.8 Å². The van der Waals surface area contributed by atoms with Crippen LogP contribution in [-0.4, -0.2) is 25.3 Å². The normalized spacial score (nSPS) is 16.2. The summed E-state index contributed by atoms with van der Waals surface area (Å²) >= 11 is 0.